The molecule has 0 aromatic heterocycles. The molecule has 168 valence electrons. The van der Waals surface area contributed by atoms with Gasteiger partial charge in [-0.2, -0.15) is 0 Å². The van der Waals surface area contributed by atoms with Gasteiger partial charge in [0.2, 0.25) is 11.8 Å². The van der Waals surface area contributed by atoms with Crippen LogP contribution in [0.5, 0.6) is 0 Å². The lowest BCUT2D eigenvalue weighted by atomic mass is 10.1. The molecule has 0 heterocycles. The van der Waals surface area contributed by atoms with E-state index in [0.29, 0.717) is 12.3 Å². The first kappa shape index (κ1) is 25.0. The Morgan fingerprint density at radius 3 is 2.23 bits per heavy atom. The van der Waals surface area contributed by atoms with E-state index in [-0.39, 0.29) is 17.9 Å². The summed E-state index contributed by atoms with van der Waals surface area (Å²) in [6, 6.07) is 14.2. The second-order valence-corrected chi connectivity index (χ2v) is 9.48. The number of nitrogens with one attached hydrogen (secondary N) is 1. The molecule has 0 saturated carbocycles. The summed E-state index contributed by atoms with van der Waals surface area (Å²) in [4.78, 5) is 27.7. The van der Waals surface area contributed by atoms with E-state index in [9.17, 15) is 9.59 Å². The van der Waals surface area contributed by atoms with Gasteiger partial charge in [-0.3, -0.25) is 9.59 Å². The zero-order chi connectivity index (χ0) is 23.0. The van der Waals surface area contributed by atoms with Crippen LogP contribution in [0.4, 0.5) is 0 Å². The lowest BCUT2D eigenvalue weighted by Crippen LogP contribution is -2.50. The Morgan fingerprint density at radius 1 is 0.968 bits per heavy atom. The maximum atomic E-state index is 13.2. The van der Waals surface area contributed by atoms with E-state index in [1.54, 1.807) is 16.7 Å². The molecule has 0 aliphatic heterocycles. The highest BCUT2D eigenvalue weighted by molar-refractivity contribution is 7.99. The quantitative estimate of drug-likeness (QED) is 0.554. The molecule has 5 heteroatoms. The Balaban J connectivity index is 2.09. The number of rotatable bonds is 10. The number of hydrogen-bond donors (Lipinski definition) is 1. The fraction of sp³-hybridized carbons (Fsp3) is 0.462. The summed E-state index contributed by atoms with van der Waals surface area (Å²) in [7, 11) is 0. The summed E-state index contributed by atoms with van der Waals surface area (Å²) >= 11 is 1.60. The van der Waals surface area contributed by atoms with E-state index in [1.165, 1.54) is 16.7 Å². The van der Waals surface area contributed by atoms with Crippen molar-refractivity contribution < 1.29 is 9.59 Å². The zero-order valence-corrected chi connectivity index (χ0v) is 20.5. The molecule has 2 rings (SSSR count). The van der Waals surface area contributed by atoms with Crippen molar-refractivity contribution in [3.05, 3.63) is 70.3 Å². The largest absolute Gasteiger partial charge is 0.352 e. The van der Waals surface area contributed by atoms with Crippen LogP contribution in [0.15, 0.2) is 42.5 Å². The summed E-state index contributed by atoms with van der Waals surface area (Å²) < 4.78 is 0. The Hall–Kier alpha value is -2.27. The summed E-state index contributed by atoms with van der Waals surface area (Å²) in [6.07, 6.45) is 0.857. The standard InChI is InChI=1S/C26H36N2O2S/c1-7-21(5)27-26(30)22(6)28(15-23-10-8-9-18(2)12-23)25(29)17-31-16-24-13-19(3)11-20(4)14-24/h8-14,21-22H,7,15-17H2,1-6H3,(H,27,30)/t21-,22-/m1/s1. The molecule has 2 atom stereocenters. The number of amides is 2. The van der Waals surface area contributed by atoms with Gasteiger partial charge in [-0.05, 0) is 52.2 Å². The summed E-state index contributed by atoms with van der Waals surface area (Å²) in [5, 5.41) is 3.02. The van der Waals surface area contributed by atoms with Gasteiger partial charge >= 0.3 is 0 Å². The third kappa shape index (κ3) is 8.06. The molecule has 2 aromatic rings. The van der Waals surface area contributed by atoms with E-state index in [1.807, 2.05) is 45.9 Å². The lowest BCUT2D eigenvalue weighted by molar-refractivity contribution is -0.138. The highest BCUT2D eigenvalue weighted by Crippen LogP contribution is 2.18. The van der Waals surface area contributed by atoms with Gasteiger partial charge in [-0.25, -0.2) is 0 Å². The molecular weight excluding hydrogens is 404 g/mol. The molecule has 0 radical (unpaired) electrons. The fourth-order valence-corrected chi connectivity index (χ4v) is 4.39. The van der Waals surface area contributed by atoms with Gasteiger partial charge in [-0.15, -0.1) is 11.8 Å². The molecule has 0 spiro atoms. The van der Waals surface area contributed by atoms with Gasteiger partial charge in [0, 0.05) is 18.3 Å². The van der Waals surface area contributed by atoms with Gasteiger partial charge in [-0.1, -0.05) is 66.1 Å². The molecule has 0 aliphatic rings. The van der Waals surface area contributed by atoms with Gasteiger partial charge in [0.25, 0.3) is 0 Å². The van der Waals surface area contributed by atoms with Crippen LogP contribution >= 0.6 is 11.8 Å². The van der Waals surface area contributed by atoms with Crippen molar-refractivity contribution in [2.24, 2.45) is 0 Å². The van der Waals surface area contributed by atoms with E-state index in [2.05, 4.69) is 43.4 Å². The van der Waals surface area contributed by atoms with Crippen LogP contribution in [0.1, 0.15) is 55.0 Å². The normalized spacial score (nSPS) is 12.8. The number of aryl methyl sites for hydroxylation is 3. The van der Waals surface area contributed by atoms with Crippen molar-refractivity contribution in [1.82, 2.24) is 10.2 Å². The number of carbonyl (C=O) groups is 2. The highest BCUT2D eigenvalue weighted by atomic mass is 32.2. The summed E-state index contributed by atoms with van der Waals surface area (Å²) in [5.41, 5.74) is 5.88. The maximum Gasteiger partial charge on any atom is 0.242 e. The lowest BCUT2D eigenvalue weighted by Gasteiger charge is -2.29. The maximum absolute atomic E-state index is 13.2. The number of carbonyl (C=O) groups excluding carboxylic acids is 2. The monoisotopic (exact) mass is 440 g/mol. The number of benzene rings is 2. The second-order valence-electron chi connectivity index (χ2n) is 8.49. The first-order chi connectivity index (χ1) is 14.7. The average molecular weight is 441 g/mol. The Labute approximate surface area is 191 Å². The number of hydrogen-bond acceptors (Lipinski definition) is 3. The first-order valence-corrected chi connectivity index (χ1v) is 12.1. The van der Waals surface area contributed by atoms with Gasteiger partial charge < -0.3 is 10.2 Å². The fourth-order valence-electron chi connectivity index (χ4n) is 3.55. The molecule has 0 saturated heterocycles. The molecule has 0 aliphatic carbocycles. The van der Waals surface area contributed by atoms with Crippen molar-refractivity contribution in [2.45, 2.75) is 72.3 Å². The molecule has 2 aromatic carbocycles. The smallest absolute Gasteiger partial charge is 0.242 e. The van der Waals surface area contributed by atoms with Crippen molar-refractivity contribution in [1.29, 1.82) is 0 Å². The number of nitrogens with zero attached hydrogens (tertiary/aromatic N) is 1. The molecule has 31 heavy (non-hydrogen) atoms. The SMILES string of the molecule is CC[C@@H](C)NC(=O)[C@@H](C)N(Cc1cccc(C)c1)C(=O)CSCc1cc(C)cc(C)c1. The summed E-state index contributed by atoms with van der Waals surface area (Å²) in [6.45, 7) is 12.5. The molecule has 0 unspecified atom stereocenters. The van der Waals surface area contributed by atoms with Crippen molar-refractivity contribution in [3.8, 4) is 0 Å². The van der Waals surface area contributed by atoms with Crippen LogP contribution in [-0.2, 0) is 21.9 Å². The van der Waals surface area contributed by atoms with Crippen LogP contribution in [0.2, 0.25) is 0 Å². The van der Waals surface area contributed by atoms with E-state index < -0.39 is 6.04 Å². The van der Waals surface area contributed by atoms with Crippen molar-refractivity contribution >= 4 is 23.6 Å². The minimum Gasteiger partial charge on any atom is -0.352 e. The average Bonchev–Trinajstić information content (AvgIpc) is 2.70. The zero-order valence-electron chi connectivity index (χ0n) is 19.7. The Morgan fingerprint density at radius 2 is 1.61 bits per heavy atom. The van der Waals surface area contributed by atoms with Crippen LogP contribution in [-0.4, -0.2) is 34.6 Å². The third-order valence-electron chi connectivity index (χ3n) is 5.38. The Kier molecular flexibility index (Phi) is 9.63. The molecule has 0 bridgehead atoms. The third-order valence-corrected chi connectivity index (χ3v) is 6.37. The Bertz CT molecular complexity index is 876. The van der Waals surface area contributed by atoms with Gasteiger partial charge in [0.1, 0.15) is 6.04 Å². The van der Waals surface area contributed by atoms with Gasteiger partial charge in [0.05, 0.1) is 5.75 Å². The first-order valence-electron chi connectivity index (χ1n) is 11.0. The minimum absolute atomic E-state index is 0.0114. The topological polar surface area (TPSA) is 49.4 Å². The minimum atomic E-state index is -0.524. The van der Waals surface area contributed by atoms with Crippen molar-refractivity contribution in [3.63, 3.8) is 0 Å². The highest BCUT2D eigenvalue weighted by Gasteiger charge is 2.26. The molecule has 1 N–H and O–H groups in total. The molecule has 0 fully saturated rings. The van der Waals surface area contributed by atoms with E-state index in [0.717, 1.165) is 23.3 Å². The molecule has 4 nitrogen and oxygen atoms in total. The van der Waals surface area contributed by atoms with Crippen LogP contribution in [0, 0.1) is 20.8 Å². The van der Waals surface area contributed by atoms with Crippen LogP contribution < -0.4 is 5.32 Å². The summed E-state index contributed by atoms with van der Waals surface area (Å²) in [5.74, 6) is 1.01. The second kappa shape index (κ2) is 11.9. The number of thioether (sulfide) groups is 1. The molecule has 2 amide bonds. The van der Waals surface area contributed by atoms with Crippen LogP contribution in [0.3, 0.4) is 0 Å². The van der Waals surface area contributed by atoms with Crippen LogP contribution in [0.25, 0.3) is 0 Å². The molecular formula is C26H36N2O2S. The van der Waals surface area contributed by atoms with E-state index >= 15 is 0 Å². The van der Waals surface area contributed by atoms with Gasteiger partial charge in [0.15, 0.2) is 0 Å². The predicted octanol–water partition coefficient (Wildman–Crippen LogP) is 5.18. The van der Waals surface area contributed by atoms with Crippen molar-refractivity contribution in [2.75, 3.05) is 5.75 Å². The predicted molar refractivity (Wildman–Crippen MR) is 131 cm³/mol. The van der Waals surface area contributed by atoms with E-state index in [4.69, 9.17) is 0 Å².